The summed E-state index contributed by atoms with van der Waals surface area (Å²) in [5.74, 6) is 0. The Labute approximate surface area is 80.6 Å². The molecule has 0 bridgehead atoms. The number of ether oxygens (including phenoxy) is 1. The van der Waals surface area contributed by atoms with Gasteiger partial charge in [0.25, 0.3) is 0 Å². The molecule has 0 N–H and O–H groups in total. The molecule has 0 saturated carbocycles. The lowest BCUT2D eigenvalue weighted by molar-refractivity contribution is -0.0201. The zero-order chi connectivity index (χ0) is 9.14. The zero-order valence-electron chi connectivity index (χ0n) is 9.12. The summed E-state index contributed by atoms with van der Waals surface area (Å²) in [4.78, 5) is 2.41. The largest absolute Gasteiger partial charge is 0.374 e. The van der Waals surface area contributed by atoms with Crippen molar-refractivity contribution in [3.05, 3.63) is 0 Å². The van der Waals surface area contributed by atoms with E-state index in [1.54, 1.807) is 0 Å². The highest BCUT2D eigenvalue weighted by Crippen LogP contribution is 2.20. The van der Waals surface area contributed by atoms with E-state index in [1.807, 2.05) is 0 Å². The Kier molecular flexibility index (Phi) is 5.49. The first-order valence-corrected chi connectivity index (χ1v) is 4.97. The van der Waals surface area contributed by atoms with Crippen LogP contribution in [0.25, 0.3) is 0 Å². The first-order chi connectivity index (χ1) is 5.61. The number of rotatable bonds is 3. The van der Waals surface area contributed by atoms with Gasteiger partial charge in [0.2, 0.25) is 0 Å². The first kappa shape index (κ1) is 12.8. The van der Waals surface area contributed by atoms with E-state index in [2.05, 4.69) is 32.7 Å². The standard InChI is InChI=1S/C10H21NO.FH/c1-8(2)12-9(3)10-6-5-7-11(10)4;/h8-10H,5-7H2,1-4H3;1H/t9-,10-;/m0./s1. The van der Waals surface area contributed by atoms with Crippen molar-refractivity contribution >= 4 is 0 Å². The SMILES string of the molecule is CC(C)O[C@@H](C)[C@@H]1CCCN1C.F. The molecule has 80 valence electrons. The van der Waals surface area contributed by atoms with E-state index in [1.165, 1.54) is 19.4 Å². The topological polar surface area (TPSA) is 12.5 Å². The molecule has 3 heteroatoms. The van der Waals surface area contributed by atoms with Crippen molar-refractivity contribution in [2.24, 2.45) is 0 Å². The average molecular weight is 191 g/mol. The predicted molar refractivity (Wildman–Crippen MR) is 53.8 cm³/mol. The average Bonchev–Trinajstić information content (AvgIpc) is 2.33. The molecule has 2 nitrogen and oxygen atoms in total. The molecule has 0 aromatic heterocycles. The summed E-state index contributed by atoms with van der Waals surface area (Å²) in [7, 11) is 2.19. The van der Waals surface area contributed by atoms with Crippen LogP contribution in [-0.4, -0.2) is 36.7 Å². The van der Waals surface area contributed by atoms with Crippen molar-refractivity contribution < 1.29 is 9.44 Å². The van der Waals surface area contributed by atoms with Gasteiger partial charge in [-0.05, 0) is 47.2 Å². The third-order valence-electron chi connectivity index (χ3n) is 2.61. The molecule has 1 fully saturated rings. The maximum Gasteiger partial charge on any atom is 0.0705 e. The summed E-state index contributed by atoms with van der Waals surface area (Å²) in [6, 6.07) is 0.646. The van der Waals surface area contributed by atoms with E-state index in [-0.39, 0.29) is 4.70 Å². The maximum atomic E-state index is 5.76. The van der Waals surface area contributed by atoms with Crippen molar-refractivity contribution in [3.8, 4) is 0 Å². The molecule has 0 aromatic carbocycles. The van der Waals surface area contributed by atoms with Gasteiger partial charge in [-0.1, -0.05) is 0 Å². The predicted octanol–water partition coefficient (Wildman–Crippen LogP) is 2.05. The van der Waals surface area contributed by atoms with Gasteiger partial charge < -0.3 is 9.64 Å². The molecule has 1 aliphatic rings. The van der Waals surface area contributed by atoms with Crippen molar-refractivity contribution in [3.63, 3.8) is 0 Å². The molecular formula is C10H22FNO. The zero-order valence-corrected chi connectivity index (χ0v) is 9.12. The van der Waals surface area contributed by atoms with Crippen LogP contribution >= 0.6 is 0 Å². The molecule has 0 aliphatic carbocycles. The van der Waals surface area contributed by atoms with Crippen LogP contribution < -0.4 is 0 Å². The second-order valence-electron chi connectivity index (χ2n) is 4.08. The third-order valence-corrected chi connectivity index (χ3v) is 2.61. The van der Waals surface area contributed by atoms with Gasteiger partial charge in [-0.3, -0.25) is 4.70 Å². The van der Waals surface area contributed by atoms with Gasteiger partial charge in [-0.25, -0.2) is 0 Å². The second kappa shape index (κ2) is 5.55. The van der Waals surface area contributed by atoms with Crippen LogP contribution in [0.5, 0.6) is 0 Å². The number of likely N-dealkylation sites (N-methyl/N-ethyl adjacent to an activating group) is 1. The first-order valence-electron chi connectivity index (χ1n) is 4.97. The molecule has 0 radical (unpaired) electrons. The highest BCUT2D eigenvalue weighted by Gasteiger charge is 2.27. The molecule has 0 spiro atoms. The molecule has 1 aliphatic heterocycles. The van der Waals surface area contributed by atoms with Crippen LogP contribution in [0.15, 0.2) is 0 Å². The minimum Gasteiger partial charge on any atom is -0.374 e. The van der Waals surface area contributed by atoms with Crippen molar-refractivity contribution in [2.45, 2.75) is 51.9 Å². The van der Waals surface area contributed by atoms with E-state index in [9.17, 15) is 0 Å². The molecule has 2 atom stereocenters. The Bertz CT molecular complexity index is 141. The van der Waals surface area contributed by atoms with Crippen LogP contribution in [0, 0.1) is 0 Å². The molecule has 0 unspecified atom stereocenters. The van der Waals surface area contributed by atoms with Gasteiger partial charge in [0.05, 0.1) is 12.2 Å². The van der Waals surface area contributed by atoms with E-state index in [0.29, 0.717) is 18.2 Å². The van der Waals surface area contributed by atoms with Crippen LogP contribution in [0.1, 0.15) is 33.6 Å². The normalized spacial score (nSPS) is 26.1. The summed E-state index contributed by atoms with van der Waals surface area (Å²) in [5, 5.41) is 0. The Morgan fingerprint density at radius 3 is 2.31 bits per heavy atom. The molecule has 0 amide bonds. The van der Waals surface area contributed by atoms with Gasteiger partial charge in [0.1, 0.15) is 0 Å². The fourth-order valence-corrected chi connectivity index (χ4v) is 2.05. The van der Waals surface area contributed by atoms with Crippen molar-refractivity contribution in [1.82, 2.24) is 4.90 Å². The maximum absolute atomic E-state index is 5.76. The second-order valence-corrected chi connectivity index (χ2v) is 4.08. The number of halogens is 1. The Morgan fingerprint density at radius 1 is 1.31 bits per heavy atom. The number of hydrogen-bond acceptors (Lipinski definition) is 2. The lowest BCUT2D eigenvalue weighted by Crippen LogP contribution is -2.37. The van der Waals surface area contributed by atoms with Crippen molar-refractivity contribution in [1.29, 1.82) is 0 Å². The highest BCUT2D eigenvalue weighted by molar-refractivity contribution is 4.81. The van der Waals surface area contributed by atoms with E-state index in [4.69, 9.17) is 4.74 Å². The summed E-state index contributed by atoms with van der Waals surface area (Å²) >= 11 is 0. The van der Waals surface area contributed by atoms with Crippen LogP contribution in [-0.2, 0) is 4.74 Å². The van der Waals surface area contributed by atoms with Crippen molar-refractivity contribution in [2.75, 3.05) is 13.6 Å². The molecular weight excluding hydrogens is 169 g/mol. The van der Waals surface area contributed by atoms with Crippen LogP contribution in [0.2, 0.25) is 0 Å². The molecule has 13 heavy (non-hydrogen) atoms. The quantitative estimate of drug-likeness (QED) is 0.677. The van der Waals surface area contributed by atoms with Gasteiger partial charge in [0, 0.05) is 6.04 Å². The number of hydrogen-bond donors (Lipinski definition) is 0. The summed E-state index contributed by atoms with van der Waals surface area (Å²) in [6.45, 7) is 7.62. The highest BCUT2D eigenvalue weighted by atomic mass is 19.0. The Morgan fingerprint density at radius 2 is 1.92 bits per heavy atom. The Balaban J connectivity index is 0.00000144. The van der Waals surface area contributed by atoms with E-state index < -0.39 is 0 Å². The molecule has 1 rings (SSSR count). The third kappa shape index (κ3) is 3.61. The molecule has 1 heterocycles. The van der Waals surface area contributed by atoms with E-state index in [0.717, 1.165) is 0 Å². The number of nitrogens with zero attached hydrogens (tertiary/aromatic N) is 1. The van der Waals surface area contributed by atoms with Crippen LogP contribution in [0.4, 0.5) is 4.70 Å². The smallest absolute Gasteiger partial charge is 0.0705 e. The lowest BCUT2D eigenvalue weighted by Gasteiger charge is -2.27. The molecule has 1 saturated heterocycles. The minimum atomic E-state index is 0. The molecule has 0 aromatic rings. The summed E-state index contributed by atoms with van der Waals surface area (Å²) in [5.41, 5.74) is 0. The van der Waals surface area contributed by atoms with Gasteiger partial charge in [0.15, 0.2) is 0 Å². The van der Waals surface area contributed by atoms with E-state index >= 15 is 0 Å². The van der Waals surface area contributed by atoms with Gasteiger partial charge in [-0.2, -0.15) is 0 Å². The van der Waals surface area contributed by atoms with Gasteiger partial charge >= 0.3 is 0 Å². The summed E-state index contributed by atoms with van der Waals surface area (Å²) in [6.07, 6.45) is 3.36. The number of likely N-dealkylation sites (tertiary alicyclic amines) is 1. The summed E-state index contributed by atoms with van der Waals surface area (Å²) < 4.78 is 5.76. The minimum absolute atomic E-state index is 0. The lowest BCUT2D eigenvalue weighted by atomic mass is 10.1. The van der Waals surface area contributed by atoms with Gasteiger partial charge in [-0.15, -0.1) is 0 Å². The van der Waals surface area contributed by atoms with Crippen LogP contribution in [0.3, 0.4) is 0 Å². The monoisotopic (exact) mass is 191 g/mol. The fraction of sp³-hybridized carbons (Fsp3) is 1.00. The fourth-order valence-electron chi connectivity index (χ4n) is 2.05. The Hall–Kier alpha value is -0.150.